The van der Waals surface area contributed by atoms with Gasteiger partial charge in [0.05, 0.1) is 20.3 Å². The maximum Gasteiger partial charge on any atom is 0.242 e. The van der Waals surface area contributed by atoms with Gasteiger partial charge >= 0.3 is 0 Å². The molecule has 1 aromatic carbocycles. The summed E-state index contributed by atoms with van der Waals surface area (Å²) in [5.74, 6) is -0.611. The molecule has 0 amide bonds. The zero-order chi connectivity index (χ0) is 15.6. The molecule has 2 aromatic rings. The third kappa shape index (κ3) is 3.68. The highest BCUT2D eigenvalue weighted by Gasteiger charge is 2.19. The minimum atomic E-state index is -3.70. The molecular formula is C13H10BrFN2O2S2. The van der Waals surface area contributed by atoms with Crippen molar-refractivity contribution in [2.24, 2.45) is 0 Å². The molecule has 0 saturated heterocycles. The molecule has 2 rings (SSSR count). The number of nitrogens with one attached hydrogen (secondary N) is 1. The fourth-order valence-corrected chi connectivity index (χ4v) is 5.13. The minimum Gasteiger partial charge on any atom is -0.207 e. The number of hydrogen-bond acceptors (Lipinski definition) is 4. The second kappa shape index (κ2) is 6.23. The van der Waals surface area contributed by atoms with E-state index in [1.807, 2.05) is 6.07 Å². The Morgan fingerprint density at radius 3 is 2.67 bits per heavy atom. The summed E-state index contributed by atoms with van der Waals surface area (Å²) < 4.78 is 41.1. The average Bonchev–Trinajstić information content (AvgIpc) is 2.77. The van der Waals surface area contributed by atoms with Crippen LogP contribution in [0.4, 0.5) is 4.39 Å². The summed E-state index contributed by atoms with van der Waals surface area (Å²) in [7, 11) is -3.70. The van der Waals surface area contributed by atoms with Crippen LogP contribution >= 0.6 is 27.3 Å². The van der Waals surface area contributed by atoms with Gasteiger partial charge in [0.25, 0.3) is 0 Å². The van der Waals surface area contributed by atoms with Crippen LogP contribution in [0.1, 0.15) is 16.0 Å². The maximum absolute atomic E-state index is 13.7. The summed E-state index contributed by atoms with van der Waals surface area (Å²) in [6.45, 7) is 1.53. The van der Waals surface area contributed by atoms with Crippen LogP contribution in [-0.4, -0.2) is 8.42 Å². The Balaban J connectivity index is 2.20. The smallest absolute Gasteiger partial charge is 0.207 e. The first-order valence-corrected chi connectivity index (χ1v) is 8.87. The highest BCUT2D eigenvalue weighted by molar-refractivity contribution is 9.11. The lowest BCUT2D eigenvalue weighted by Crippen LogP contribution is -2.23. The summed E-state index contributed by atoms with van der Waals surface area (Å²) in [6, 6.07) is 7.25. The van der Waals surface area contributed by atoms with Gasteiger partial charge in [-0.05, 0) is 41.1 Å². The van der Waals surface area contributed by atoms with Crippen LogP contribution in [0, 0.1) is 24.1 Å². The summed E-state index contributed by atoms with van der Waals surface area (Å²) in [5, 5.41) is 8.66. The maximum atomic E-state index is 13.7. The van der Waals surface area contributed by atoms with E-state index in [9.17, 15) is 12.8 Å². The molecule has 21 heavy (non-hydrogen) atoms. The van der Waals surface area contributed by atoms with Gasteiger partial charge in [-0.1, -0.05) is 6.07 Å². The van der Waals surface area contributed by atoms with Crippen LogP contribution in [0.2, 0.25) is 0 Å². The molecule has 0 atom stereocenters. The zero-order valence-electron chi connectivity index (χ0n) is 10.9. The molecule has 0 saturated carbocycles. The molecule has 0 aliphatic rings. The number of thiophene rings is 1. The van der Waals surface area contributed by atoms with Gasteiger partial charge in [0.15, 0.2) is 0 Å². The summed E-state index contributed by atoms with van der Waals surface area (Å²) >= 11 is 4.55. The average molecular weight is 389 g/mol. The molecule has 1 N–H and O–H groups in total. The van der Waals surface area contributed by atoms with E-state index in [-0.39, 0.29) is 22.6 Å². The van der Waals surface area contributed by atoms with E-state index in [0.29, 0.717) is 8.66 Å². The van der Waals surface area contributed by atoms with Crippen LogP contribution in [0.3, 0.4) is 0 Å². The minimum absolute atomic E-state index is 0.174. The van der Waals surface area contributed by atoms with Crippen molar-refractivity contribution in [2.45, 2.75) is 18.4 Å². The number of rotatable bonds is 4. The largest absolute Gasteiger partial charge is 0.242 e. The second-order valence-corrected chi connectivity index (χ2v) is 8.58. The number of benzene rings is 1. The summed E-state index contributed by atoms with van der Waals surface area (Å²) in [5.41, 5.74) is 0.376. The SMILES string of the molecule is Cc1sc(Br)cc1S(=O)(=O)NCc1ccc(C#N)cc1F. The van der Waals surface area contributed by atoms with E-state index < -0.39 is 15.8 Å². The molecule has 1 heterocycles. The first kappa shape index (κ1) is 16.1. The third-order valence-electron chi connectivity index (χ3n) is 2.77. The molecule has 0 unspecified atom stereocenters. The van der Waals surface area contributed by atoms with E-state index in [1.165, 1.54) is 29.5 Å². The lowest BCUT2D eigenvalue weighted by atomic mass is 10.1. The van der Waals surface area contributed by atoms with E-state index in [1.54, 1.807) is 6.92 Å². The highest BCUT2D eigenvalue weighted by Crippen LogP contribution is 2.29. The van der Waals surface area contributed by atoms with Gasteiger partial charge in [-0.2, -0.15) is 5.26 Å². The second-order valence-electron chi connectivity index (χ2n) is 4.21. The number of nitriles is 1. The highest BCUT2D eigenvalue weighted by atomic mass is 79.9. The first-order valence-electron chi connectivity index (χ1n) is 5.77. The van der Waals surface area contributed by atoms with Crippen molar-refractivity contribution in [1.82, 2.24) is 4.72 Å². The van der Waals surface area contributed by atoms with Crippen LogP contribution in [0.5, 0.6) is 0 Å². The molecule has 0 bridgehead atoms. The van der Waals surface area contributed by atoms with E-state index in [2.05, 4.69) is 20.7 Å². The van der Waals surface area contributed by atoms with Crippen LogP contribution < -0.4 is 4.72 Å². The van der Waals surface area contributed by atoms with Crippen LogP contribution in [-0.2, 0) is 16.6 Å². The first-order chi connectivity index (χ1) is 9.83. The van der Waals surface area contributed by atoms with Crippen LogP contribution in [0.25, 0.3) is 0 Å². The van der Waals surface area contributed by atoms with Crippen molar-refractivity contribution in [1.29, 1.82) is 5.26 Å². The Labute approximate surface area is 134 Å². The van der Waals surface area contributed by atoms with Crippen molar-refractivity contribution in [3.05, 3.63) is 49.9 Å². The number of sulfonamides is 1. The Morgan fingerprint density at radius 2 is 2.14 bits per heavy atom. The molecule has 4 nitrogen and oxygen atoms in total. The molecule has 8 heteroatoms. The van der Waals surface area contributed by atoms with Crippen LogP contribution in [0.15, 0.2) is 32.9 Å². The topological polar surface area (TPSA) is 70.0 Å². The quantitative estimate of drug-likeness (QED) is 0.872. The number of aryl methyl sites for hydroxylation is 1. The standard InChI is InChI=1S/C13H10BrFN2O2S2/c1-8-12(5-13(14)20-8)21(18,19)17-7-10-3-2-9(6-16)4-11(10)15/h2-5,17H,7H2,1H3. The normalized spacial score (nSPS) is 11.3. The molecule has 0 radical (unpaired) electrons. The predicted octanol–water partition coefficient (Wildman–Crippen LogP) is 3.31. The number of nitrogens with zero attached hydrogens (tertiary/aromatic N) is 1. The third-order valence-corrected chi connectivity index (χ3v) is 5.98. The monoisotopic (exact) mass is 388 g/mol. The lowest BCUT2D eigenvalue weighted by molar-refractivity contribution is 0.574. The van der Waals surface area contributed by atoms with Crippen molar-refractivity contribution < 1.29 is 12.8 Å². The summed E-state index contributed by atoms with van der Waals surface area (Å²) in [4.78, 5) is 0.822. The van der Waals surface area contributed by atoms with Crippen molar-refractivity contribution >= 4 is 37.3 Å². The van der Waals surface area contributed by atoms with Crippen molar-refractivity contribution in [3.63, 3.8) is 0 Å². The lowest BCUT2D eigenvalue weighted by Gasteiger charge is -2.07. The van der Waals surface area contributed by atoms with Crippen molar-refractivity contribution in [3.8, 4) is 6.07 Å². The van der Waals surface area contributed by atoms with E-state index in [0.717, 1.165) is 6.07 Å². The molecule has 0 fully saturated rings. The van der Waals surface area contributed by atoms with E-state index >= 15 is 0 Å². The fourth-order valence-electron chi connectivity index (χ4n) is 1.71. The predicted molar refractivity (Wildman–Crippen MR) is 81.9 cm³/mol. The van der Waals surface area contributed by atoms with Gasteiger partial charge in [0.1, 0.15) is 5.82 Å². The summed E-state index contributed by atoms with van der Waals surface area (Å²) in [6.07, 6.45) is 0. The van der Waals surface area contributed by atoms with Gasteiger partial charge in [-0.25, -0.2) is 17.5 Å². The molecule has 1 aromatic heterocycles. The van der Waals surface area contributed by atoms with Gasteiger partial charge in [0, 0.05) is 17.0 Å². The molecule has 110 valence electrons. The Bertz CT molecular complexity index is 825. The fraction of sp³-hybridized carbons (Fsp3) is 0.154. The van der Waals surface area contributed by atoms with Gasteiger partial charge in [-0.3, -0.25) is 0 Å². The Morgan fingerprint density at radius 1 is 1.43 bits per heavy atom. The Kier molecular flexibility index (Phi) is 4.78. The van der Waals surface area contributed by atoms with Gasteiger partial charge in [-0.15, -0.1) is 11.3 Å². The molecule has 0 aliphatic heterocycles. The number of hydrogen-bond donors (Lipinski definition) is 1. The molecule has 0 spiro atoms. The number of halogens is 2. The van der Waals surface area contributed by atoms with Gasteiger partial charge in [0.2, 0.25) is 10.0 Å². The van der Waals surface area contributed by atoms with Gasteiger partial charge < -0.3 is 0 Å². The molecule has 0 aliphatic carbocycles. The zero-order valence-corrected chi connectivity index (χ0v) is 14.1. The van der Waals surface area contributed by atoms with E-state index in [4.69, 9.17) is 5.26 Å². The Hall–Kier alpha value is -1.27. The molecular weight excluding hydrogens is 379 g/mol. The van der Waals surface area contributed by atoms with Crippen molar-refractivity contribution in [2.75, 3.05) is 0 Å².